The number of fused-ring (bicyclic) bond motifs is 1. The van der Waals surface area contributed by atoms with Crippen LogP contribution in [0.5, 0.6) is 11.5 Å². The molecule has 0 saturated heterocycles. The first-order valence-corrected chi connectivity index (χ1v) is 6.30. The van der Waals surface area contributed by atoms with Crippen LogP contribution in [0.2, 0.25) is 5.02 Å². The van der Waals surface area contributed by atoms with Crippen LogP contribution < -0.4 is 15.2 Å². The van der Waals surface area contributed by atoms with E-state index in [-0.39, 0.29) is 0 Å². The summed E-state index contributed by atoms with van der Waals surface area (Å²) in [5.74, 6) is 1.26. The molecule has 0 aliphatic rings. The third-order valence-electron chi connectivity index (χ3n) is 2.38. The van der Waals surface area contributed by atoms with Gasteiger partial charge in [-0.25, -0.2) is 4.98 Å². The highest BCUT2D eigenvalue weighted by Crippen LogP contribution is 2.41. The third-order valence-corrected chi connectivity index (χ3v) is 4.00. The molecule has 92 valence electrons. The quantitative estimate of drug-likeness (QED) is 0.929. The molecular formula is C11H13ClN2O2S. The Kier molecular flexibility index (Phi) is 3.71. The van der Waals surface area contributed by atoms with Gasteiger partial charge in [0.05, 0.1) is 23.9 Å². The first-order chi connectivity index (χ1) is 8.21. The Morgan fingerprint density at radius 1 is 1.35 bits per heavy atom. The van der Waals surface area contributed by atoms with Crippen LogP contribution in [0.3, 0.4) is 0 Å². The molecule has 0 atom stereocenters. The fourth-order valence-electron chi connectivity index (χ4n) is 1.58. The maximum atomic E-state index is 6.24. The van der Waals surface area contributed by atoms with Crippen LogP contribution in [0, 0.1) is 0 Å². The zero-order valence-corrected chi connectivity index (χ0v) is 11.2. The number of nitrogens with zero attached hydrogens (tertiary/aromatic N) is 1. The number of benzene rings is 1. The molecule has 0 bridgehead atoms. The van der Waals surface area contributed by atoms with Gasteiger partial charge in [-0.05, 0) is 6.54 Å². The normalized spacial score (nSPS) is 10.8. The van der Waals surface area contributed by atoms with E-state index in [2.05, 4.69) is 4.98 Å². The highest BCUT2D eigenvalue weighted by molar-refractivity contribution is 7.19. The average Bonchev–Trinajstić information content (AvgIpc) is 2.75. The van der Waals surface area contributed by atoms with E-state index in [0.717, 1.165) is 21.6 Å². The summed E-state index contributed by atoms with van der Waals surface area (Å²) in [6.07, 6.45) is 0.737. The fourth-order valence-corrected chi connectivity index (χ4v) is 2.94. The Morgan fingerprint density at radius 3 is 2.65 bits per heavy atom. The van der Waals surface area contributed by atoms with Crippen molar-refractivity contribution in [3.05, 3.63) is 16.1 Å². The molecule has 4 nitrogen and oxygen atoms in total. The van der Waals surface area contributed by atoms with Crippen LogP contribution in [0.1, 0.15) is 5.01 Å². The van der Waals surface area contributed by atoms with E-state index in [1.165, 1.54) is 11.3 Å². The first-order valence-electron chi connectivity index (χ1n) is 5.11. The van der Waals surface area contributed by atoms with Crippen molar-refractivity contribution in [2.45, 2.75) is 6.42 Å². The number of halogens is 1. The van der Waals surface area contributed by atoms with E-state index in [9.17, 15) is 0 Å². The molecule has 2 N–H and O–H groups in total. The molecule has 17 heavy (non-hydrogen) atoms. The van der Waals surface area contributed by atoms with Crippen LogP contribution in [0.15, 0.2) is 6.07 Å². The minimum atomic E-state index is 0.566. The Morgan fingerprint density at radius 2 is 2.06 bits per heavy atom. The van der Waals surface area contributed by atoms with Gasteiger partial charge in [0.15, 0.2) is 0 Å². The summed E-state index contributed by atoms with van der Waals surface area (Å²) in [5.41, 5.74) is 6.29. The van der Waals surface area contributed by atoms with Crippen LogP contribution in [0.4, 0.5) is 0 Å². The average molecular weight is 273 g/mol. The zero-order chi connectivity index (χ0) is 12.4. The number of ether oxygens (including phenoxy) is 2. The van der Waals surface area contributed by atoms with Gasteiger partial charge in [0.1, 0.15) is 22.0 Å². The molecule has 0 amide bonds. The van der Waals surface area contributed by atoms with E-state index < -0.39 is 0 Å². The van der Waals surface area contributed by atoms with Gasteiger partial charge in [-0.2, -0.15) is 0 Å². The highest BCUT2D eigenvalue weighted by atomic mass is 35.5. The van der Waals surface area contributed by atoms with Gasteiger partial charge in [0, 0.05) is 12.5 Å². The van der Waals surface area contributed by atoms with Gasteiger partial charge in [-0.1, -0.05) is 11.6 Å². The topological polar surface area (TPSA) is 57.4 Å². The molecule has 1 aromatic heterocycles. The van der Waals surface area contributed by atoms with Gasteiger partial charge in [0.25, 0.3) is 0 Å². The van der Waals surface area contributed by atoms with Crippen molar-refractivity contribution in [3.63, 3.8) is 0 Å². The fraction of sp³-hybridized carbons (Fsp3) is 0.364. The number of thiazole rings is 1. The summed E-state index contributed by atoms with van der Waals surface area (Å²) in [5, 5.41) is 1.53. The van der Waals surface area contributed by atoms with Crippen molar-refractivity contribution < 1.29 is 9.47 Å². The first kappa shape index (κ1) is 12.4. The lowest BCUT2D eigenvalue weighted by Gasteiger charge is -2.06. The molecule has 0 fully saturated rings. The van der Waals surface area contributed by atoms with Crippen molar-refractivity contribution in [2.24, 2.45) is 5.73 Å². The molecular weight excluding hydrogens is 260 g/mol. The summed E-state index contributed by atoms with van der Waals surface area (Å²) in [6, 6.07) is 1.75. The second-order valence-electron chi connectivity index (χ2n) is 3.42. The van der Waals surface area contributed by atoms with Crippen LogP contribution in [-0.2, 0) is 6.42 Å². The number of hydrogen-bond acceptors (Lipinski definition) is 5. The van der Waals surface area contributed by atoms with E-state index in [1.807, 2.05) is 0 Å². The van der Waals surface area contributed by atoms with E-state index in [4.69, 9.17) is 26.8 Å². The second kappa shape index (κ2) is 5.08. The minimum Gasteiger partial charge on any atom is -0.495 e. The monoisotopic (exact) mass is 272 g/mol. The Labute approximate surface area is 108 Å². The smallest absolute Gasteiger partial charge is 0.149 e. The van der Waals surface area contributed by atoms with Crippen molar-refractivity contribution in [3.8, 4) is 11.5 Å². The minimum absolute atomic E-state index is 0.566. The lowest BCUT2D eigenvalue weighted by molar-refractivity contribution is 0.397. The Hall–Kier alpha value is -1.04. The lowest BCUT2D eigenvalue weighted by atomic mass is 10.3. The molecule has 6 heteroatoms. The van der Waals surface area contributed by atoms with Crippen LogP contribution in [-0.4, -0.2) is 25.7 Å². The van der Waals surface area contributed by atoms with Gasteiger partial charge < -0.3 is 15.2 Å². The number of hydrogen-bond donors (Lipinski definition) is 1. The predicted octanol–water partition coefficient (Wildman–Crippen LogP) is 2.47. The lowest BCUT2D eigenvalue weighted by Crippen LogP contribution is -2.01. The molecule has 0 spiro atoms. The third kappa shape index (κ3) is 2.18. The highest BCUT2D eigenvalue weighted by Gasteiger charge is 2.16. The number of rotatable bonds is 4. The Bertz CT molecular complexity index is 542. The van der Waals surface area contributed by atoms with E-state index in [1.54, 1.807) is 20.3 Å². The summed E-state index contributed by atoms with van der Waals surface area (Å²) in [7, 11) is 3.18. The maximum absolute atomic E-state index is 6.24. The number of aromatic nitrogens is 1. The zero-order valence-electron chi connectivity index (χ0n) is 9.62. The molecule has 0 aliphatic carbocycles. The number of nitrogens with two attached hydrogens (primary N) is 1. The van der Waals surface area contributed by atoms with E-state index in [0.29, 0.717) is 23.1 Å². The molecule has 2 aromatic rings. The summed E-state index contributed by atoms with van der Waals surface area (Å²) >= 11 is 7.77. The predicted molar refractivity (Wildman–Crippen MR) is 70.5 cm³/mol. The van der Waals surface area contributed by atoms with E-state index >= 15 is 0 Å². The van der Waals surface area contributed by atoms with Crippen molar-refractivity contribution in [2.75, 3.05) is 20.8 Å². The Balaban J connectivity index is 2.67. The van der Waals surface area contributed by atoms with Gasteiger partial charge in [0.2, 0.25) is 0 Å². The molecule has 1 aromatic carbocycles. The van der Waals surface area contributed by atoms with Crippen molar-refractivity contribution >= 4 is 33.2 Å². The molecule has 0 radical (unpaired) electrons. The van der Waals surface area contributed by atoms with Gasteiger partial charge >= 0.3 is 0 Å². The molecule has 2 rings (SSSR count). The molecule has 0 saturated carbocycles. The number of methoxy groups -OCH3 is 2. The van der Waals surface area contributed by atoms with Crippen molar-refractivity contribution in [1.82, 2.24) is 4.98 Å². The molecule has 0 unspecified atom stereocenters. The molecule has 0 aliphatic heterocycles. The SMILES string of the molecule is COc1cc(OC)c2nc(CCN)sc2c1Cl. The summed E-state index contributed by atoms with van der Waals surface area (Å²) in [6.45, 7) is 0.566. The maximum Gasteiger partial charge on any atom is 0.149 e. The standard InChI is InChI=1S/C11H13ClN2O2S/c1-15-6-5-7(16-2)10-11(9(6)12)17-8(14-10)3-4-13/h5H,3-4,13H2,1-2H3. The summed E-state index contributed by atoms with van der Waals surface area (Å²) in [4.78, 5) is 4.48. The van der Waals surface area contributed by atoms with Gasteiger partial charge in [-0.3, -0.25) is 0 Å². The summed E-state index contributed by atoms with van der Waals surface area (Å²) < 4.78 is 11.4. The molecule has 1 heterocycles. The van der Waals surface area contributed by atoms with Crippen LogP contribution >= 0.6 is 22.9 Å². The second-order valence-corrected chi connectivity index (χ2v) is 4.88. The largest absolute Gasteiger partial charge is 0.495 e. The van der Waals surface area contributed by atoms with Crippen LogP contribution in [0.25, 0.3) is 10.2 Å². The van der Waals surface area contributed by atoms with Gasteiger partial charge in [-0.15, -0.1) is 11.3 Å². The van der Waals surface area contributed by atoms with Crippen molar-refractivity contribution in [1.29, 1.82) is 0 Å².